The number of hydrogen-bond acceptors (Lipinski definition) is 4. The van der Waals surface area contributed by atoms with Crippen LogP contribution in [-0.4, -0.2) is 35.8 Å². The highest BCUT2D eigenvalue weighted by atomic mass is 35.5. The van der Waals surface area contributed by atoms with Crippen LogP contribution in [0.4, 0.5) is 5.00 Å². The Morgan fingerprint density at radius 1 is 1.18 bits per heavy atom. The van der Waals surface area contributed by atoms with Gasteiger partial charge in [0.05, 0.1) is 5.56 Å². The van der Waals surface area contributed by atoms with Crippen molar-refractivity contribution >= 4 is 40.6 Å². The van der Waals surface area contributed by atoms with Gasteiger partial charge in [0.1, 0.15) is 5.00 Å². The van der Waals surface area contributed by atoms with Crippen molar-refractivity contribution in [3.63, 3.8) is 0 Å². The second-order valence-corrected chi connectivity index (χ2v) is 8.46. The summed E-state index contributed by atoms with van der Waals surface area (Å²) in [7, 11) is 0. The van der Waals surface area contributed by atoms with Crippen LogP contribution in [0.1, 0.15) is 46.0 Å². The van der Waals surface area contributed by atoms with Crippen molar-refractivity contribution in [3.8, 4) is 0 Å². The van der Waals surface area contributed by atoms with Gasteiger partial charge in [0.2, 0.25) is 0 Å². The van der Waals surface area contributed by atoms with Crippen LogP contribution in [-0.2, 0) is 6.42 Å². The van der Waals surface area contributed by atoms with E-state index in [4.69, 9.17) is 5.73 Å². The molecule has 2 aliphatic rings. The molecule has 150 valence electrons. The average Bonchev–Trinajstić information content (AvgIpc) is 3.39. The number of benzene rings is 1. The second kappa shape index (κ2) is 8.64. The molecule has 3 N–H and O–H groups in total. The van der Waals surface area contributed by atoms with E-state index in [1.54, 1.807) is 6.07 Å². The summed E-state index contributed by atoms with van der Waals surface area (Å²) in [4.78, 5) is 27.5. The molecule has 1 aromatic carbocycles. The summed E-state index contributed by atoms with van der Waals surface area (Å²) in [6, 6.07) is 9.58. The minimum Gasteiger partial charge on any atom is -0.338 e. The molecule has 2 fully saturated rings. The third-order valence-corrected chi connectivity index (χ3v) is 6.78. The van der Waals surface area contributed by atoms with E-state index in [0.717, 1.165) is 32.4 Å². The number of aryl methyl sites for hydroxylation is 1. The molecule has 7 heteroatoms. The van der Waals surface area contributed by atoms with E-state index in [9.17, 15) is 9.59 Å². The smallest absolute Gasteiger partial charge is 0.256 e. The summed E-state index contributed by atoms with van der Waals surface area (Å²) >= 11 is 1.39. The SMILES string of the molecule is CCc1ccc(C(=O)Nc2sccc2C(=O)N2CC3CCC(N)C3C2)cc1.Cl. The van der Waals surface area contributed by atoms with Crippen molar-refractivity contribution in [1.29, 1.82) is 0 Å². The van der Waals surface area contributed by atoms with Crippen molar-refractivity contribution in [2.24, 2.45) is 17.6 Å². The topological polar surface area (TPSA) is 75.4 Å². The Morgan fingerprint density at radius 3 is 2.61 bits per heavy atom. The summed E-state index contributed by atoms with van der Waals surface area (Å²) in [5, 5.41) is 5.38. The van der Waals surface area contributed by atoms with Gasteiger partial charge in [0, 0.05) is 24.7 Å². The largest absolute Gasteiger partial charge is 0.338 e. The van der Waals surface area contributed by atoms with Crippen LogP contribution in [0.25, 0.3) is 0 Å². The number of likely N-dealkylation sites (tertiary alicyclic amines) is 1. The molecule has 3 unspecified atom stereocenters. The molecular formula is C21H26ClN3O2S. The van der Waals surface area contributed by atoms with Gasteiger partial charge in [-0.2, -0.15) is 0 Å². The highest BCUT2D eigenvalue weighted by Gasteiger charge is 2.43. The standard InChI is InChI=1S/C21H25N3O2S.ClH/c1-2-13-3-5-14(6-4-13)19(25)23-20-16(9-10-27-20)21(26)24-11-15-7-8-18(22)17(15)12-24;/h3-6,9-10,15,17-18H,2,7-8,11-12,22H2,1H3,(H,23,25);1H. The number of thiophene rings is 1. The first-order valence-corrected chi connectivity index (χ1v) is 10.5. The van der Waals surface area contributed by atoms with Gasteiger partial charge in [-0.05, 0) is 60.2 Å². The van der Waals surface area contributed by atoms with Crippen LogP contribution in [0.5, 0.6) is 0 Å². The molecule has 1 saturated heterocycles. The Labute approximate surface area is 175 Å². The Balaban J connectivity index is 0.00000225. The molecule has 2 aromatic rings. The molecule has 4 rings (SSSR count). The zero-order valence-electron chi connectivity index (χ0n) is 15.9. The molecule has 2 heterocycles. The fraction of sp³-hybridized carbons (Fsp3) is 0.429. The Bertz CT molecular complexity index is 852. The summed E-state index contributed by atoms with van der Waals surface area (Å²) in [6.45, 7) is 3.59. The molecule has 3 atom stereocenters. The summed E-state index contributed by atoms with van der Waals surface area (Å²) in [5.74, 6) is 0.754. The maximum absolute atomic E-state index is 13.0. The lowest BCUT2D eigenvalue weighted by Gasteiger charge is -2.19. The predicted molar refractivity (Wildman–Crippen MR) is 115 cm³/mol. The summed E-state index contributed by atoms with van der Waals surface area (Å²) < 4.78 is 0. The van der Waals surface area contributed by atoms with Crippen LogP contribution >= 0.6 is 23.7 Å². The fourth-order valence-electron chi connectivity index (χ4n) is 4.29. The minimum atomic E-state index is -0.186. The number of rotatable bonds is 4. The number of carbonyl (C=O) groups is 2. The van der Waals surface area contributed by atoms with E-state index in [1.807, 2.05) is 34.5 Å². The summed E-state index contributed by atoms with van der Waals surface area (Å²) in [5.41, 5.74) is 8.55. The van der Waals surface area contributed by atoms with Gasteiger partial charge in [-0.15, -0.1) is 23.7 Å². The third-order valence-electron chi connectivity index (χ3n) is 5.95. The molecule has 0 spiro atoms. The summed E-state index contributed by atoms with van der Waals surface area (Å²) in [6.07, 6.45) is 3.11. The van der Waals surface area contributed by atoms with Crippen molar-refractivity contribution < 1.29 is 9.59 Å². The van der Waals surface area contributed by atoms with E-state index in [-0.39, 0.29) is 30.3 Å². The van der Waals surface area contributed by atoms with Gasteiger partial charge in [-0.25, -0.2) is 0 Å². The first kappa shape index (κ1) is 20.8. The molecule has 0 bridgehead atoms. The van der Waals surface area contributed by atoms with E-state index >= 15 is 0 Å². The highest BCUT2D eigenvalue weighted by molar-refractivity contribution is 7.14. The molecule has 28 heavy (non-hydrogen) atoms. The van der Waals surface area contributed by atoms with Crippen LogP contribution in [0.3, 0.4) is 0 Å². The Morgan fingerprint density at radius 2 is 1.93 bits per heavy atom. The number of nitrogens with one attached hydrogen (secondary N) is 1. The molecule has 1 aliphatic carbocycles. The number of halogens is 1. The van der Waals surface area contributed by atoms with E-state index < -0.39 is 0 Å². The van der Waals surface area contributed by atoms with Crippen LogP contribution in [0.15, 0.2) is 35.7 Å². The molecule has 5 nitrogen and oxygen atoms in total. The number of anilines is 1. The van der Waals surface area contributed by atoms with Crippen molar-refractivity contribution in [2.45, 2.75) is 32.2 Å². The Kier molecular flexibility index (Phi) is 6.43. The van der Waals surface area contributed by atoms with Gasteiger partial charge in [-0.3, -0.25) is 9.59 Å². The normalized spacial score (nSPS) is 23.2. The van der Waals surface area contributed by atoms with Crippen LogP contribution in [0.2, 0.25) is 0 Å². The maximum Gasteiger partial charge on any atom is 0.256 e. The predicted octanol–water partition coefficient (Wildman–Crippen LogP) is 3.79. The zero-order valence-corrected chi connectivity index (χ0v) is 17.5. The molecule has 1 saturated carbocycles. The van der Waals surface area contributed by atoms with Gasteiger partial charge in [0.25, 0.3) is 11.8 Å². The number of nitrogens with two attached hydrogens (primary N) is 1. The quantitative estimate of drug-likeness (QED) is 0.791. The van der Waals surface area contributed by atoms with Crippen molar-refractivity contribution in [1.82, 2.24) is 4.90 Å². The Hall–Kier alpha value is -1.89. The molecule has 2 amide bonds. The number of nitrogens with zero attached hydrogens (tertiary/aromatic N) is 1. The lowest BCUT2D eigenvalue weighted by Crippen LogP contribution is -2.33. The molecule has 0 radical (unpaired) electrons. The number of carbonyl (C=O) groups excluding carboxylic acids is 2. The molecular weight excluding hydrogens is 394 g/mol. The number of amides is 2. The fourth-order valence-corrected chi connectivity index (χ4v) is 5.06. The average molecular weight is 420 g/mol. The first-order chi connectivity index (χ1) is 13.1. The third kappa shape index (κ3) is 3.95. The number of hydrogen-bond donors (Lipinski definition) is 2. The maximum atomic E-state index is 13.0. The van der Waals surface area contributed by atoms with Crippen molar-refractivity contribution in [2.75, 3.05) is 18.4 Å². The van der Waals surface area contributed by atoms with E-state index in [1.165, 1.54) is 16.9 Å². The van der Waals surface area contributed by atoms with Gasteiger partial charge < -0.3 is 16.0 Å². The zero-order chi connectivity index (χ0) is 19.0. The van der Waals surface area contributed by atoms with Gasteiger partial charge in [-0.1, -0.05) is 19.1 Å². The lowest BCUT2D eigenvalue weighted by molar-refractivity contribution is 0.0781. The minimum absolute atomic E-state index is 0. The number of fused-ring (bicyclic) bond motifs is 1. The molecule has 1 aliphatic heterocycles. The van der Waals surface area contributed by atoms with Crippen LogP contribution < -0.4 is 11.1 Å². The van der Waals surface area contributed by atoms with Gasteiger partial charge in [0.15, 0.2) is 0 Å². The van der Waals surface area contributed by atoms with E-state index in [2.05, 4.69) is 12.2 Å². The first-order valence-electron chi connectivity index (χ1n) is 9.59. The molecule has 1 aromatic heterocycles. The van der Waals surface area contributed by atoms with E-state index in [0.29, 0.717) is 28.0 Å². The lowest BCUT2D eigenvalue weighted by atomic mass is 9.98. The van der Waals surface area contributed by atoms with Crippen LogP contribution in [0, 0.1) is 11.8 Å². The highest BCUT2D eigenvalue weighted by Crippen LogP contribution is 2.38. The second-order valence-electron chi connectivity index (χ2n) is 7.54. The monoisotopic (exact) mass is 419 g/mol. The van der Waals surface area contributed by atoms with Crippen molar-refractivity contribution in [3.05, 3.63) is 52.4 Å². The van der Waals surface area contributed by atoms with Gasteiger partial charge >= 0.3 is 0 Å².